The number of halogens is 3. The monoisotopic (exact) mass is 642 g/mol. The second-order valence-corrected chi connectivity index (χ2v) is 11.6. The van der Waals surface area contributed by atoms with E-state index in [0.29, 0.717) is 56.2 Å². The van der Waals surface area contributed by atoms with Gasteiger partial charge in [0.05, 0.1) is 29.2 Å². The molecule has 0 aliphatic carbocycles. The van der Waals surface area contributed by atoms with Crippen LogP contribution in [0.2, 0.25) is 15.1 Å². The lowest BCUT2D eigenvalue weighted by Gasteiger charge is -2.27. The molecular formula is C31H25Cl3N2O5S. The molecule has 2 heterocycles. The number of fused-ring (bicyclic) bond motifs is 2. The Hall–Kier alpha value is -3.61. The molecule has 1 aliphatic rings. The molecule has 0 bridgehead atoms. The van der Waals surface area contributed by atoms with Crippen molar-refractivity contribution in [3.63, 3.8) is 0 Å². The minimum atomic E-state index is -0.665. The summed E-state index contributed by atoms with van der Waals surface area (Å²) in [7, 11) is 0. The van der Waals surface area contributed by atoms with Crippen LogP contribution in [0.5, 0.6) is 23.0 Å². The van der Waals surface area contributed by atoms with Crippen molar-refractivity contribution < 1.29 is 23.7 Å². The number of unbranched alkanes of at least 4 members (excludes halogenated alkanes) is 1. The first-order valence-electron chi connectivity index (χ1n) is 13.2. The topological polar surface area (TPSA) is 104 Å². The highest BCUT2D eigenvalue weighted by molar-refractivity contribution is 7.21. The molecule has 42 heavy (non-hydrogen) atoms. The minimum Gasteiger partial charge on any atom is -0.490 e. The molecule has 0 fully saturated rings. The van der Waals surface area contributed by atoms with E-state index in [1.165, 1.54) is 0 Å². The second kappa shape index (κ2) is 12.7. The average molecular weight is 644 g/mol. The summed E-state index contributed by atoms with van der Waals surface area (Å²) in [6, 6.07) is 15.9. The van der Waals surface area contributed by atoms with E-state index >= 15 is 0 Å². The van der Waals surface area contributed by atoms with Crippen molar-refractivity contribution in [2.45, 2.75) is 32.6 Å². The summed E-state index contributed by atoms with van der Waals surface area (Å²) < 4.78 is 23.9. The Morgan fingerprint density at radius 2 is 1.88 bits per heavy atom. The van der Waals surface area contributed by atoms with Crippen LogP contribution < -0.4 is 24.7 Å². The number of rotatable bonds is 9. The van der Waals surface area contributed by atoms with Gasteiger partial charge in [0, 0.05) is 26.7 Å². The zero-order valence-corrected chi connectivity index (χ0v) is 25.7. The van der Waals surface area contributed by atoms with Crippen LogP contribution in [0, 0.1) is 11.3 Å². The van der Waals surface area contributed by atoms with Crippen molar-refractivity contribution in [2.24, 2.45) is 5.73 Å². The molecule has 1 atom stereocenters. The molecule has 216 valence electrons. The number of carbonyl (C=O) groups is 1. The number of hydrogen-bond acceptors (Lipinski definition) is 8. The highest BCUT2D eigenvalue weighted by Crippen LogP contribution is 2.46. The number of hydrogen-bond donors (Lipinski definition) is 1. The summed E-state index contributed by atoms with van der Waals surface area (Å²) in [4.78, 5) is 13.3. The van der Waals surface area contributed by atoms with Crippen LogP contribution in [-0.2, 0) is 0 Å². The number of esters is 1. The van der Waals surface area contributed by atoms with E-state index < -0.39 is 11.9 Å². The molecule has 0 radical (unpaired) electrons. The van der Waals surface area contributed by atoms with Crippen LogP contribution in [0.15, 0.2) is 60.0 Å². The predicted octanol–water partition coefficient (Wildman–Crippen LogP) is 8.88. The molecule has 1 unspecified atom stereocenters. The van der Waals surface area contributed by atoms with Crippen molar-refractivity contribution in [1.82, 2.24) is 0 Å². The van der Waals surface area contributed by atoms with Crippen molar-refractivity contribution >= 4 is 62.2 Å². The maximum Gasteiger partial charge on any atom is 0.355 e. The van der Waals surface area contributed by atoms with Gasteiger partial charge < -0.3 is 24.7 Å². The number of benzene rings is 3. The second-order valence-electron chi connectivity index (χ2n) is 9.36. The minimum absolute atomic E-state index is 0.0428. The largest absolute Gasteiger partial charge is 0.490 e. The first-order chi connectivity index (χ1) is 20.2. The summed E-state index contributed by atoms with van der Waals surface area (Å²) in [5, 5.41) is 11.5. The Morgan fingerprint density at radius 1 is 1.07 bits per heavy atom. The molecule has 0 spiro atoms. The lowest BCUT2D eigenvalue weighted by Crippen LogP contribution is -2.21. The van der Waals surface area contributed by atoms with Gasteiger partial charge in [0.1, 0.15) is 28.0 Å². The number of carbonyl (C=O) groups excluding carboxylic acids is 1. The molecule has 0 saturated heterocycles. The standard InChI is InChI=1S/C31H25Cl3N2O5S/c1-3-5-10-39-22-9-6-16(11-24(22)38-4-2)26-19-8-7-18(14-23(19)41-30(36)20(26)15-35)40-31(37)29-28(34)27-21(33)12-17(32)13-25(27)42-29/h6-9,11-14,26H,3-5,10,36H2,1-2H3. The van der Waals surface area contributed by atoms with Gasteiger partial charge in [0.2, 0.25) is 5.88 Å². The molecule has 3 aromatic carbocycles. The number of nitrogens with zero attached hydrogens (tertiary/aromatic N) is 1. The van der Waals surface area contributed by atoms with E-state index in [1.807, 2.05) is 25.1 Å². The Bertz CT molecular complexity index is 1760. The van der Waals surface area contributed by atoms with E-state index in [9.17, 15) is 10.1 Å². The fraction of sp³-hybridized carbons (Fsp3) is 0.226. The highest BCUT2D eigenvalue weighted by atomic mass is 35.5. The summed E-state index contributed by atoms with van der Waals surface area (Å²) in [6.45, 7) is 5.00. The molecular weight excluding hydrogens is 619 g/mol. The predicted molar refractivity (Wildman–Crippen MR) is 166 cm³/mol. The van der Waals surface area contributed by atoms with Gasteiger partial charge in [-0.15, -0.1) is 11.3 Å². The first kappa shape index (κ1) is 29.9. The normalized spacial score (nSPS) is 14.2. The molecule has 4 aromatic rings. The van der Waals surface area contributed by atoms with Crippen LogP contribution in [0.3, 0.4) is 0 Å². The molecule has 1 aromatic heterocycles. The van der Waals surface area contributed by atoms with Crippen molar-refractivity contribution in [3.05, 3.63) is 91.1 Å². The average Bonchev–Trinajstić information content (AvgIpc) is 3.29. The zero-order chi connectivity index (χ0) is 30.0. The molecule has 11 heteroatoms. The van der Waals surface area contributed by atoms with Gasteiger partial charge in [0.15, 0.2) is 11.5 Å². The third-order valence-corrected chi connectivity index (χ3v) is 8.72. The maximum atomic E-state index is 13.1. The Kier molecular flexibility index (Phi) is 9.05. The van der Waals surface area contributed by atoms with E-state index in [0.717, 1.165) is 29.7 Å². The summed E-state index contributed by atoms with van der Waals surface area (Å²) in [6.07, 6.45) is 1.93. The first-order valence-corrected chi connectivity index (χ1v) is 15.1. The van der Waals surface area contributed by atoms with Crippen molar-refractivity contribution in [1.29, 1.82) is 5.26 Å². The summed E-state index contributed by atoms with van der Waals surface area (Å²) >= 11 is 20.0. The molecule has 0 saturated carbocycles. The fourth-order valence-electron chi connectivity index (χ4n) is 4.66. The SMILES string of the molecule is CCCCOc1ccc(C2C(C#N)=C(N)Oc3cc(OC(=O)c4sc5cc(Cl)cc(Cl)c5c4Cl)ccc32)cc1OCC. The number of nitrogens with two attached hydrogens (primary N) is 1. The van der Waals surface area contributed by atoms with E-state index in [1.54, 1.807) is 30.3 Å². The Balaban J connectivity index is 1.47. The zero-order valence-electron chi connectivity index (χ0n) is 22.6. The molecule has 7 nitrogen and oxygen atoms in total. The van der Waals surface area contributed by atoms with Crippen LogP contribution in [0.4, 0.5) is 0 Å². The highest BCUT2D eigenvalue weighted by Gasteiger charge is 2.32. The summed E-state index contributed by atoms with van der Waals surface area (Å²) in [5.41, 5.74) is 7.89. The van der Waals surface area contributed by atoms with Gasteiger partial charge in [-0.2, -0.15) is 5.26 Å². The van der Waals surface area contributed by atoms with E-state index in [-0.39, 0.29) is 27.1 Å². The number of thiophene rings is 1. The van der Waals surface area contributed by atoms with E-state index in [2.05, 4.69) is 13.0 Å². The lowest BCUT2D eigenvalue weighted by molar-refractivity contribution is 0.0740. The third-order valence-electron chi connectivity index (χ3n) is 6.59. The Labute approximate surface area is 261 Å². The van der Waals surface area contributed by atoms with Gasteiger partial charge in [-0.25, -0.2) is 4.79 Å². The molecule has 1 aliphatic heterocycles. The summed E-state index contributed by atoms with van der Waals surface area (Å²) in [5.74, 6) is 0.500. The molecule has 0 amide bonds. The van der Waals surface area contributed by atoms with E-state index in [4.69, 9.17) is 59.5 Å². The van der Waals surface area contributed by atoms with Crippen molar-refractivity contribution in [2.75, 3.05) is 13.2 Å². The number of allylic oxidation sites excluding steroid dienone is 1. The molecule has 5 rings (SSSR count). The maximum absolute atomic E-state index is 13.1. The van der Waals surface area contributed by atoms with Crippen LogP contribution in [0.1, 0.15) is 53.4 Å². The van der Waals surface area contributed by atoms with Crippen LogP contribution >= 0.6 is 46.1 Å². The lowest BCUT2D eigenvalue weighted by atomic mass is 9.83. The number of ether oxygens (including phenoxy) is 4. The van der Waals surface area contributed by atoms with Crippen LogP contribution in [0.25, 0.3) is 10.1 Å². The van der Waals surface area contributed by atoms with Crippen molar-refractivity contribution in [3.8, 4) is 29.1 Å². The van der Waals surface area contributed by atoms with Gasteiger partial charge >= 0.3 is 5.97 Å². The smallest absolute Gasteiger partial charge is 0.355 e. The van der Waals surface area contributed by atoms with Gasteiger partial charge in [-0.1, -0.05) is 60.3 Å². The fourth-order valence-corrected chi connectivity index (χ4v) is 6.90. The van der Waals surface area contributed by atoms with Gasteiger partial charge in [0.25, 0.3) is 0 Å². The Morgan fingerprint density at radius 3 is 2.62 bits per heavy atom. The quantitative estimate of drug-likeness (QED) is 0.110. The van der Waals surface area contributed by atoms with Crippen LogP contribution in [-0.4, -0.2) is 19.2 Å². The van der Waals surface area contributed by atoms with Gasteiger partial charge in [-0.3, -0.25) is 0 Å². The number of nitriles is 1. The third kappa shape index (κ3) is 5.83. The van der Waals surface area contributed by atoms with Gasteiger partial charge in [-0.05, 0) is 49.2 Å². The molecule has 2 N–H and O–H groups in total.